The number of aryl methyl sites for hydroxylation is 1. The number of benzene rings is 2. The number of piperazine rings is 1. The molecule has 0 spiro atoms. The number of rotatable bonds is 4. The van der Waals surface area contributed by atoms with Crippen molar-refractivity contribution in [1.29, 1.82) is 0 Å². The number of nitrogens with one attached hydrogen (secondary N) is 1. The lowest BCUT2D eigenvalue weighted by atomic mass is 9.99. The number of hydrogen-bond donors (Lipinski definition) is 1. The summed E-state index contributed by atoms with van der Waals surface area (Å²) in [6, 6.07) is 7.62. The minimum absolute atomic E-state index is 0.189. The molecule has 1 aromatic heterocycles. The number of methoxy groups -OCH3 is 1. The zero-order valence-corrected chi connectivity index (χ0v) is 17.6. The van der Waals surface area contributed by atoms with E-state index >= 15 is 0 Å². The third kappa shape index (κ3) is 2.88. The van der Waals surface area contributed by atoms with Crippen molar-refractivity contribution >= 4 is 33.6 Å². The van der Waals surface area contributed by atoms with Gasteiger partial charge in [0.25, 0.3) is 11.8 Å². The standard InChI is InChI=1S/C23H26N4O3/c1-14-12-17-20(19-16-13-15(30-3)4-5-18(16)24-21(14)19)23(29)27(22(17)28)11-10-26-8-6-25(2)7-9-26/h4-5,12-13,24H,6-11H2,1-3H3. The van der Waals surface area contributed by atoms with Gasteiger partial charge in [-0.05, 0) is 43.8 Å². The van der Waals surface area contributed by atoms with Crippen molar-refractivity contribution in [3.63, 3.8) is 0 Å². The number of carbonyl (C=O) groups is 2. The zero-order valence-electron chi connectivity index (χ0n) is 17.6. The Morgan fingerprint density at radius 1 is 1.03 bits per heavy atom. The SMILES string of the molecule is COc1ccc2[nH]c3c(C)cc4c(c3c2c1)C(=O)N(CCN1CCN(C)CC1)C4=O. The van der Waals surface area contributed by atoms with Gasteiger partial charge in [-0.15, -0.1) is 0 Å². The van der Waals surface area contributed by atoms with Crippen molar-refractivity contribution < 1.29 is 14.3 Å². The van der Waals surface area contributed by atoms with Crippen molar-refractivity contribution in [1.82, 2.24) is 19.7 Å². The third-order valence-corrected chi connectivity index (χ3v) is 6.45. The number of carbonyl (C=O) groups excluding carboxylic acids is 2. The number of likely N-dealkylation sites (N-methyl/N-ethyl adjacent to an activating group) is 1. The van der Waals surface area contributed by atoms with Crippen LogP contribution < -0.4 is 4.74 Å². The number of ether oxygens (including phenoxy) is 1. The average Bonchev–Trinajstić information content (AvgIpc) is 3.23. The first-order chi connectivity index (χ1) is 14.5. The summed E-state index contributed by atoms with van der Waals surface area (Å²) >= 11 is 0. The molecule has 7 heteroatoms. The average molecular weight is 406 g/mol. The summed E-state index contributed by atoms with van der Waals surface area (Å²) in [6.45, 7) is 7.06. The normalized spacial score (nSPS) is 18.0. The highest BCUT2D eigenvalue weighted by molar-refractivity contribution is 6.30. The van der Waals surface area contributed by atoms with Gasteiger partial charge < -0.3 is 14.6 Å². The molecule has 2 aliphatic rings. The minimum Gasteiger partial charge on any atom is -0.497 e. The van der Waals surface area contributed by atoms with Gasteiger partial charge in [0.1, 0.15) is 5.75 Å². The van der Waals surface area contributed by atoms with Crippen molar-refractivity contribution in [3.05, 3.63) is 41.0 Å². The molecule has 0 saturated carbocycles. The molecule has 156 valence electrons. The second kappa shape index (κ2) is 7.11. The van der Waals surface area contributed by atoms with E-state index in [4.69, 9.17) is 4.74 Å². The van der Waals surface area contributed by atoms with Gasteiger partial charge in [-0.3, -0.25) is 19.4 Å². The van der Waals surface area contributed by atoms with Crippen LogP contribution in [-0.2, 0) is 0 Å². The largest absolute Gasteiger partial charge is 0.497 e. The summed E-state index contributed by atoms with van der Waals surface area (Å²) in [5.74, 6) is 0.339. The van der Waals surface area contributed by atoms with Crippen LogP contribution in [0.1, 0.15) is 26.3 Å². The highest BCUT2D eigenvalue weighted by atomic mass is 16.5. The van der Waals surface area contributed by atoms with Crippen LogP contribution in [0.4, 0.5) is 0 Å². The van der Waals surface area contributed by atoms with Crippen LogP contribution in [0.2, 0.25) is 0 Å². The smallest absolute Gasteiger partial charge is 0.262 e. The molecule has 3 aromatic rings. The number of amides is 2. The van der Waals surface area contributed by atoms with Crippen molar-refractivity contribution in [2.75, 3.05) is 53.4 Å². The van der Waals surface area contributed by atoms with E-state index in [1.165, 1.54) is 4.90 Å². The molecule has 0 unspecified atom stereocenters. The Morgan fingerprint density at radius 3 is 2.53 bits per heavy atom. The van der Waals surface area contributed by atoms with Crippen molar-refractivity contribution in [2.45, 2.75) is 6.92 Å². The van der Waals surface area contributed by atoms with Crippen LogP contribution in [0.15, 0.2) is 24.3 Å². The Morgan fingerprint density at radius 2 is 1.80 bits per heavy atom. The maximum absolute atomic E-state index is 13.4. The quantitative estimate of drug-likeness (QED) is 0.674. The van der Waals surface area contributed by atoms with Crippen LogP contribution in [0.3, 0.4) is 0 Å². The second-order valence-electron chi connectivity index (χ2n) is 8.31. The fourth-order valence-corrected chi connectivity index (χ4v) is 4.63. The molecule has 1 saturated heterocycles. The summed E-state index contributed by atoms with van der Waals surface area (Å²) in [5, 5.41) is 1.73. The van der Waals surface area contributed by atoms with Crippen molar-refractivity contribution in [3.8, 4) is 5.75 Å². The molecule has 5 rings (SSSR count). The third-order valence-electron chi connectivity index (χ3n) is 6.45. The van der Waals surface area contributed by atoms with Gasteiger partial charge in [-0.1, -0.05) is 0 Å². The summed E-state index contributed by atoms with van der Waals surface area (Å²) in [5.41, 5.74) is 3.81. The van der Waals surface area contributed by atoms with Gasteiger partial charge in [0.2, 0.25) is 0 Å². The summed E-state index contributed by atoms with van der Waals surface area (Å²) in [7, 11) is 3.74. The fourth-order valence-electron chi connectivity index (χ4n) is 4.63. The Balaban J connectivity index is 1.53. The highest BCUT2D eigenvalue weighted by Gasteiger charge is 2.38. The van der Waals surface area contributed by atoms with E-state index in [0.29, 0.717) is 24.2 Å². The molecule has 1 fully saturated rings. The van der Waals surface area contributed by atoms with Crippen LogP contribution in [0.25, 0.3) is 21.8 Å². The van der Waals surface area contributed by atoms with Crippen LogP contribution in [0, 0.1) is 6.92 Å². The van der Waals surface area contributed by atoms with Crippen LogP contribution in [0.5, 0.6) is 5.75 Å². The Hall–Kier alpha value is -2.90. The number of H-pyrrole nitrogens is 1. The lowest BCUT2D eigenvalue weighted by molar-refractivity contribution is 0.0621. The Labute approximate surface area is 175 Å². The van der Waals surface area contributed by atoms with Gasteiger partial charge in [0.05, 0.1) is 23.8 Å². The summed E-state index contributed by atoms with van der Waals surface area (Å²) in [4.78, 5) is 36.0. The molecule has 0 radical (unpaired) electrons. The molecule has 0 bridgehead atoms. The Bertz CT molecular complexity index is 1170. The van der Waals surface area contributed by atoms with Gasteiger partial charge in [0.15, 0.2) is 0 Å². The molecular weight excluding hydrogens is 380 g/mol. The van der Waals surface area contributed by atoms with E-state index in [1.807, 2.05) is 31.2 Å². The first-order valence-electron chi connectivity index (χ1n) is 10.4. The van der Waals surface area contributed by atoms with E-state index in [1.54, 1.807) is 7.11 Å². The minimum atomic E-state index is -0.196. The number of hydrogen-bond acceptors (Lipinski definition) is 5. The molecule has 2 aromatic carbocycles. The zero-order chi connectivity index (χ0) is 21.0. The van der Waals surface area contributed by atoms with Crippen LogP contribution >= 0.6 is 0 Å². The van der Waals surface area contributed by atoms with Crippen LogP contribution in [-0.4, -0.2) is 84.9 Å². The first-order valence-corrected chi connectivity index (χ1v) is 10.4. The maximum Gasteiger partial charge on any atom is 0.262 e. The topological polar surface area (TPSA) is 68.9 Å². The summed E-state index contributed by atoms with van der Waals surface area (Å²) in [6.07, 6.45) is 0. The Kier molecular flexibility index (Phi) is 4.52. The van der Waals surface area contributed by atoms with E-state index in [0.717, 1.165) is 59.3 Å². The summed E-state index contributed by atoms with van der Waals surface area (Å²) < 4.78 is 5.39. The van der Waals surface area contributed by atoms with E-state index in [-0.39, 0.29) is 11.8 Å². The molecule has 2 aliphatic heterocycles. The number of imide groups is 1. The fraction of sp³-hybridized carbons (Fsp3) is 0.391. The molecular formula is C23H26N4O3. The number of nitrogens with zero attached hydrogens (tertiary/aromatic N) is 3. The van der Waals surface area contributed by atoms with Gasteiger partial charge in [-0.25, -0.2) is 0 Å². The molecule has 0 aliphatic carbocycles. The number of aromatic nitrogens is 1. The molecule has 1 N–H and O–H groups in total. The van der Waals surface area contributed by atoms with Crippen molar-refractivity contribution in [2.24, 2.45) is 0 Å². The van der Waals surface area contributed by atoms with E-state index < -0.39 is 0 Å². The predicted molar refractivity (Wildman–Crippen MR) is 116 cm³/mol. The lowest BCUT2D eigenvalue weighted by Gasteiger charge is -2.33. The highest BCUT2D eigenvalue weighted by Crippen LogP contribution is 2.38. The van der Waals surface area contributed by atoms with Gasteiger partial charge in [0, 0.05) is 55.6 Å². The van der Waals surface area contributed by atoms with E-state index in [9.17, 15) is 9.59 Å². The molecule has 0 atom stereocenters. The molecule has 7 nitrogen and oxygen atoms in total. The monoisotopic (exact) mass is 406 g/mol. The molecule has 3 heterocycles. The second-order valence-corrected chi connectivity index (χ2v) is 8.31. The molecule has 2 amide bonds. The van der Waals surface area contributed by atoms with Gasteiger partial charge in [-0.2, -0.15) is 0 Å². The first kappa shape index (κ1) is 19.1. The number of aromatic amines is 1. The lowest BCUT2D eigenvalue weighted by Crippen LogP contribution is -2.47. The maximum atomic E-state index is 13.4. The van der Waals surface area contributed by atoms with E-state index in [2.05, 4.69) is 21.8 Å². The molecule has 30 heavy (non-hydrogen) atoms. The number of fused-ring (bicyclic) bond motifs is 5. The van der Waals surface area contributed by atoms with Gasteiger partial charge >= 0.3 is 0 Å². The predicted octanol–water partition coefficient (Wildman–Crippen LogP) is 2.48.